The highest BCUT2D eigenvalue weighted by molar-refractivity contribution is 7.92. The van der Waals surface area contributed by atoms with Gasteiger partial charge >= 0.3 is 0 Å². The van der Waals surface area contributed by atoms with E-state index in [0.717, 1.165) is 11.1 Å². The third-order valence-corrected chi connectivity index (χ3v) is 5.49. The van der Waals surface area contributed by atoms with Crippen LogP contribution in [0.1, 0.15) is 12.8 Å². The average Bonchev–Trinajstić information content (AvgIpc) is 2.60. The molecule has 1 heterocycles. The lowest BCUT2D eigenvalue weighted by atomic mass is 10.1. The van der Waals surface area contributed by atoms with Crippen LogP contribution >= 0.6 is 11.6 Å². The van der Waals surface area contributed by atoms with E-state index >= 15 is 0 Å². The lowest BCUT2D eigenvalue weighted by molar-refractivity contribution is -0.134. The molecule has 0 aromatic heterocycles. The number of sulfonamides is 1. The zero-order valence-corrected chi connectivity index (χ0v) is 16.5. The van der Waals surface area contributed by atoms with Crippen LogP contribution in [0.5, 0.6) is 5.75 Å². The standard InChI is InChI=1S/C17H24ClN3O4S/c1-4-26(23,24)19-14-7-9-21(10-8-14)17(22)12-25-16-6-5-13(18)11-15(16)20(2)3/h4-6,11,14,19H,1,7-10,12H2,2-3H3. The van der Waals surface area contributed by atoms with Crippen LogP contribution in [0.25, 0.3) is 0 Å². The van der Waals surface area contributed by atoms with Gasteiger partial charge < -0.3 is 14.5 Å². The van der Waals surface area contributed by atoms with Gasteiger partial charge in [0.1, 0.15) is 5.75 Å². The number of hydrogen-bond acceptors (Lipinski definition) is 5. The zero-order valence-electron chi connectivity index (χ0n) is 14.9. The molecule has 144 valence electrons. The summed E-state index contributed by atoms with van der Waals surface area (Å²) in [7, 11) is 0.292. The van der Waals surface area contributed by atoms with Crippen LogP contribution in [-0.4, -0.2) is 59.1 Å². The first-order valence-corrected chi connectivity index (χ1v) is 10.2. The summed E-state index contributed by atoms with van der Waals surface area (Å²) < 4.78 is 31.3. The summed E-state index contributed by atoms with van der Waals surface area (Å²) in [6.45, 7) is 4.16. The molecule has 0 radical (unpaired) electrons. The minimum Gasteiger partial charge on any atom is -0.482 e. The minimum absolute atomic E-state index is 0.0779. The molecule has 0 aliphatic carbocycles. The number of nitrogens with zero attached hydrogens (tertiary/aromatic N) is 2. The number of benzene rings is 1. The Morgan fingerprint density at radius 1 is 1.42 bits per heavy atom. The van der Waals surface area contributed by atoms with Gasteiger partial charge in [-0.3, -0.25) is 4.79 Å². The smallest absolute Gasteiger partial charge is 0.260 e. The third kappa shape index (κ3) is 5.62. The highest BCUT2D eigenvalue weighted by Crippen LogP contribution is 2.30. The van der Waals surface area contributed by atoms with Gasteiger partial charge in [0.2, 0.25) is 10.0 Å². The van der Waals surface area contributed by atoms with Gasteiger partial charge in [0.05, 0.1) is 5.69 Å². The number of amides is 1. The predicted octanol–water partition coefficient (Wildman–Crippen LogP) is 1.84. The highest BCUT2D eigenvalue weighted by Gasteiger charge is 2.25. The molecular weight excluding hydrogens is 378 g/mol. The van der Waals surface area contributed by atoms with Crippen molar-refractivity contribution in [3.05, 3.63) is 35.2 Å². The molecule has 1 fully saturated rings. The second-order valence-corrected chi connectivity index (χ2v) is 8.38. The zero-order chi connectivity index (χ0) is 19.3. The molecular formula is C17H24ClN3O4S. The SMILES string of the molecule is C=CS(=O)(=O)NC1CCN(C(=O)COc2ccc(Cl)cc2N(C)C)CC1. The molecule has 0 bridgehead atoms. The number of anilines is 1. The molecule has 1 aromatic rings. The van der Waals surface area contributed by atoms with Crippen LogP contribution < -0.4 is 14.4 Å². The van der Waals surface area contributed by atoms with Crippen molar-refractivity contribution in [1.29, 1.82) is 0 Å². The summed E-state index contributed by atoms with van der Waals surface area (Å²) in [4.78, 5) is 15.9. The van der Waals surface area contributed by atoms with E-state index in [2.05, 4.69) is 11.3 Å². The Kier molecular flexibility index (Phi) is 6.91. The van der Waals surface area contributed by atoms with Crippen LogP contribution in [0.2, 0.25) is 5.02 Å². The lowest BCUT2D eigenvalue weighted by Gasteiger charge is -2.32. The third-order valence-electron chi connectivity index (χ3n) is 4.15. The Bertz CT molecular complexity index is 759. The Morgan fingerprint density at radius 2 is 2.08 bits per heavy atom. The van der Waals surface area contributed by atoms with Crippen LogP contribution in [-0.2, 0) is 14.8 Å². The molecule has 1 amide bonds. The van der Waals surface area contributed by atoms with Gasteiger partial charge in [0, 0.05) is 43.7 Å². The van der Waals surface area contributed by atoms with Crippen molar-refractivity contribution in [2.45, 2.75) is 18.9 Å². The maximum atomic E-state index is 12.4. The largest absolute Gasteiger partial charge is 0.482 e. The summed E-state index contributed by atoms with van der Waals surface area (Å²) in [5.74, 6) is 0.455. The van der Waals surface area contributed by atoms with E-state index in [-0.39, 0.29) is 18.6 Å². The van der Waals surface area contributed by atoms with Gasteiger partial charge in [-0.1, -0.05) is 18.2 Å². The molecule has 26 heavy (non-hydrogen) atoms. The van der Waals surface area contributed by atoms with E-state index in [0.29, 0.717) is 36.7 Å². The molecule has 0 saturated carbocycles. The Labute approximate surface area is 159 Å². The van der Waals surface area contributed by atoms with E-state index in [1.165, 1.54) is 0 Å². The summed E-state index contributed by atoms with van der Waals surface area (Å²) in [6, 6.07) is 5.05. The molecule has 0 atom stereocenters. The highest BCUT2D eigenvalue weighted by atomic mass is 35.5. The minimum atomic E-state index is -3.45. The maximum Gasteiger partial charge on any atom is 0.260 e. The van der Waals surface area contributed by atoms with Gasteiger partial charge in [0.15, 0.2) is 6.61 Å². The van der Waals surface area contributed by atoms with Crippen molar-refractivity contribution in [2.75, 3.05) is 38.7 Å². The van der Waals surface area contributed by atoms with E-state index in [9.17, 15) is 13.2 Å². The number of hydrogen-bond donors (Lipinski definition) is 1. The van der Waals surface area contributed by atoms with Gasteiger partial charge in [-0.25, -0.2) is 13.1 Å². The van der Waals surface area contributed by atoms with E-state index in [4.69, 9.17) is 16.3 Å². The van der Waals surface area contributed by atoms with Crippen molar-refractivity contribution < 1.29 is 17.9 Å². The van der Waals surface area contributed by atoms with Crippen molar-refractivity contribution in [1.82, 2.24) is 9.62 Å². The lowest BCUT2D eigenvalue weighted by Crippen LogP contribution is -2.47. The maximum absolute atomic E-state index is 12.4. The molecule has 0 spiro atoms. The van der Waals surface area contributed by atoms with E-state index in [1.54, 1.807) is 23.1 Å². The van der Waals surface area contributed by atoms with E-state index < -0.39 is 10.0 Å². The number of halogens is 1. The summed E-state index contributed by atoms with van der Waals surface area (Å²) in [5.41, 5.74) is 0.794. The second kappa shape index (κ2) is 8.75. The molecule has 9 heteroatoms. The fraction of sp³-hybridized carbons (Fsp3) is 0.471. The van der Waals surface area contributed by atoms with Crippen molar-refractivity contribution in [2.24, 2.45) is 0 Å². The fourth-order valence-electron chi connectivity index (χ4n) is 2.72. The normalized spacial score (nSPS) is 15.6. The topological polar surface area (TPSA) is 79.0 Å². The first kappa shape index (κ1) is 20.5. The Balaban J connectivity index is 1.88. The van der Waals surface area contributed by atoms with Gasteiger partial charge in [-0.2, -0.15) is 0 Å². The van der Waals surface area contributed by atoms with Crippen molar-refractivity contribution in [3.8, 4) is 5.75 Å². The molecule has 1 aromatic carbocycles. The van der Waals surface area contributed by atoms with Gasteiger partial charge in [-0.15, -0.1) is 0 Å². The van der Waals surface area contributed by atoms with E-state index in [1.807, 2.05) is 19.0 Å². The Morgan fingerprint density at radius 3 is 2.65 bits per heavy atom. The first-order chi connectivity index (χ1) is 12.2. The van der Waals surface area contributed by atoms with Crippen molar-refractivity contribution in [3.63, 3.8) is 0 Å². The molecule has 1 N–H and O–H groups in total. The van der Waals surface area contributed by atoms with Crippen LogP contribution in [0, 0.1) is 0 Å². The monoisotopic (exact) mass is 401 g/mol. The quantitative estimate of drug-likeness (QED) is 0.754. The number of carbonyl (C=O) groups excluding carboxylic acids is 1. The summed E-state index contributed by atoms with van der Waals surface area (Å²) in [5, 5.41) is 1.49. The van der Waals surface area contributed by atoms with Gasteiger partial charge in [-0.05, 0) is 31.0 Å². The number of carbonyl (C=O) groups is 1. The molecule has 1 aliphatic rings. The molecule has 1 aliphatic heterocycles. The molecule has 0 unspecified atom stereocenters. The first-order valence-electron chi connectivity index (χ1n) is 8.24. The second-order valence-electron chi connectivity index (χ2n) is 6.28. The molecule has 2 rings (SSSR count). The number of rotatable bonds is 7. The molecule has 7 nitrogen and oxygen atoms in total. The fourth-order valence-corrected chi connectivity index (χ4v) is 3.68. The Hall–Kier alpha value is -1.77. The summed E-state index contributed by atoms with van der Waals surface area (Å²) in [6.07, 6.45) is 1.12. The number of piperidine rings is 1. The molecule has 1 saturated heterocycles. The van der Waals surface area contributed by atoms with Crippen molar-refractivity contribution >= 4 is 33.2 Å². The number of nitrogens with one attached hydrogen (secondary N) is 1. The number of likely N-dealkylation sites (tertiary alicyclic amines) is 1. The summed E-state index contributed by atoms with van der Waals surface area (Å²) >= 11 is 6.00. The predicted molar refractivity (Wildman–Crippen MR) is 103 cm³/mol. The van der Waals surface area contributed by atoms with Crippen LogP contribution in [0.15, 0.2) is 30.2 Å². The van der Waals surface area contributed by atoms with Crippen LogP contribution in [0.3, 0.4) is 0 Å². The number of ether oxygens (including phenoxy) is 1. The van der Waals surface area contributed by atoms with Gasteiger partial charge in [0.25, 0.3) is 5.91 Å². The van der Waals surface area contributed by atoms with Crippen LogP contribution in [0.4, 0.5) is 5.69 Å². The average molecular weight is 402 g/mol.